The zero-order valence-electron chi connectivity index (χ0n) is 17.0. The lowest BCUT2D eigenvalue weighted by Crippen LogP contribution is -2.29. The summed E-state index contributed by atoms with van der Waals surface area (Å²) < 4.78 is 15.9. The molecule has 0 unspecified atom stereocenters. The number of aromatic amines is 1. The SMILES string of the molecule is COc1ccc(C(=O)N(C)CCc2noc(-c3cc4ccccc4[nH]3)n2)c(OC)c1. The molecule has 8 nitrogen and oxygen atoms in total. The molecular formula is C22H22N4O4. The van der Waals surface area contributed by atoms with Crippen LogP contribution in [0.1, 0.15) is 16.2 Å². The van der Waals surface area contributed by atoms with Gasteiger partial charge in [-0.25, -0.2) is 0 Å². The third-order valence-corrected chi connectivity index (χ3v) is 4.89. The second-order valence-corrected chi connectivity index (χ2v) is 6.83. The van der Waals surface area contributed by atoms with Gasteiger partial charge in [0.1, 0.15) is 17.2 Å². The number of carbonyl (C=O) groups is 1. The lowest BCUT2D eigenvalue weighted by atomic mass is 10.1. The molecule has 0 aliphatic rings. The molecule has 154 valence electrons. The van der Waals surface area contributed by atoms with Crippen molar-refractivity contribution in [3.05, 3.63) is 59.9 Å². The summed E-state index contributed by atoms with van der Waals surface area (Å²) >= 11 is 0. The number of fused-ring (bicyclic) bond motifs is 1. The Balaban J connectivity index is 1.43. The van der Waals surface area contributed by atoms with Gasteiger partial charge in [0.15, 0.2) is 5.82 Å². The Kier molecular flexibility index (Phi) is 5.38. The van der Waals surface area contributed by atoms with Gasteiger partial charge in [0.2, 0.25) is 0 Å². The van der Waals surface area contributed by atoms with E-state index >= 15 is 0 Å². The molecular weight excluding hydrogens is 384 g/mol. The van der Waals surface area contributed by atoms with Gasteiger partial charge in [-0.1, -0.05) is 23.4 Å². The van der Waals surface area contributed by atoms with Crippen LogP contribution in [0.5, 0.6) is 11.5 Å². The summed E-state index contributed by atoms with van der Waals surface area (Å²) in [5.74, 6) is 1.89. The van der Waals surface area contributed by atoms with E-state index in [9.17, 15) is 4.79 Å². The largest absolute Gasteiger partial charge is 0.497 e. The van der Waals surface area contributed by atoms with Crippen molar-refractivity contribution < 1.29 is 18.8 Å². The van der Waals surface area contributed by atoms with Crippen LogP contribution in [0, 0.1) is 0 Å². The molecule has 0 aliphatic heterocycles. The van der Waals surface area contributed by atoms with Crippen LogP contribution in [0.15, 0.2) is 53.1 Å². The molecule has 0 bridgehead atoms. The van der Waals surface area contributed by atoms with Crippen LogP contribution < -0.4 is 9.47 Å². The first-order valence-corrected chi connectivity index (χ1v) is 9.47. The minimum Gasteiger partial charge on any atom is -0.497 e. The van der Waals surface area contributed by atoms with E-state index in [1.165, 1.54) is 7.11 Å². The first-order valence-electron chi connectivity index (χ1n) is 9.47. The molecule has 0 radical (unpaired) electrons. The number of carbonyl (C=O) groups excluding carboxylic acids is 1. The Labute approximate surface area is 173 Å². The first-order chi connectivity index (χ1) is 14.6. The quantitative estimate of drug-likeness (QED) is 0.504. The van der Waals surface area contributed by atoms with E-state index in [1.807, 2.05) is 30.3 Å². The van der Waals surface area contributed by atoms with Gasteiger partial charge >= 0.3 is 0 Å². The Hall–Kier alpha value is -3.81. The summed E-state index contributed by atoms with van der Waals surface area (Å²) in [7, 11) is 4.82. The fourth-order valence-corrected chi connectivity index (χ4v) is 3.20. The molecule has 30 heavy (non-hydrogen) atoms. The second-order valence-electron chi connectivity index (χ2n) is 6.83. The van der Waals surface area contributed by atoms with Crippen molar-refractivity contribution in [2.75, 3.05) is 27.8 Å². The molecule has 0 saturated heterocycles. The number of likely N-dealkylation sites (N-methyl/N-ethyl adjacent to an activating group) is 1. The first kappa shape index (κ1) is 19.5. The van der Waals surface area contributed by atoms with E-state index in [0.717, 1.165) is 16.6 Å². The molecule has 1 amide bonds. The maximum Gasteiger partial charge on any atom is 0.274 e. The van der Waals surface area contributed by atoms with Gasteiger partial charge in [-0.3, -0.25) is 4.79 Å². The summed E-state index contributed by atoms with van der Waals surface area (Å²) in [6, 6.07) is 15.0. The minimum atomic E-state index is -0.158. The smallest absolute Gasteiger partial charge is 0.274 e. The Morgan fingerprint density at radius 1 is 1.13 bits per heavy atom. The molecule has 2 aromatic heterocycles. The number of H-pyrrole nitrogens is 1. The van der Waals surface area contributed by atoms with Gasteiger partial charge in [0, 0.05) is 37.0 Å². The van der Waals surface area contributed by atoms with Crippen molar-refractivity contribution in [1.82, 2.24) is 20.0 Å². The van der Waals surface area contributed by atoms with Gasteiger partial charge in [-0.15, -0.1) is 0 Å². The highest BCUT2D eigenvalue weighted by Gasteiger charge is 2.18. The number of nitrogens with one attached hydrogen (secondary N) is 1. The third-order valence-electron chi connectivity index (χ3n) is 4.89. The standard InChI is InChI=1S/C22H22N4O4/c1-26(22(27)16-9-8-15(28-2)13-19(16)29-3)11-10-20-24-21(30-25-20)18-12-14-6-4-5-7-17(14)23-18/h4-9,12-13,23H,10-11H2,1-3H3. The highest BCUT2D eigenvalue weighted by Crippen LogP contribution is 2.26. The molecule has 4 rings (SSSR count). The Morgan fingerprint density at radius 2 is 1.97 bits per heavy atom. The summed E-state index contributed by atoms with van der Waals surface area (Å²) in [4.78, 5) is 22.1. The van der Waals surface area contributed by atoms with Gasteiger partial charge in [0.05, 0.1) is 19.8 Å². The van der Waals surface area contributed by atoms with Crippen LogP contribution in [0.2, 0.25) is 0 Å². The molecule has 8 heteroatoms. The summed E-state index contributed by atoms with van der Waals surface area (Å²) in [5, 5.41) is 5.11. The predicted molar refractivity (Wildman–Crippen MR) is 112 cm³/mol. The number of nitrogens with zero attached hydrogens (tertiary/aromatic N) is 3. The number of hydrogen-bond donors (Lipinski definition) is 1. The Bertz CT molecular complexity index is 1150. The molecule has 1 N–H and O–H groups in total. The molecule has 0 saturated carbocycles. The van der Waals surface area contributed by atoms with E-state index in [4.69, 9.17) is 14.0 Å². The van der Waals surface area contributed by atoms with Gasteiger partial charge in [0.25, 0.3) is 11.8 Å². The zero-order chi connectivity index (χ0) is 21.1. The van der Waals surface area contributed by atoms with E-state index in [0.29, 0.717) is 41.7 Å². The van der Waals surface area contributed by atoms with Crippen molar-refractivity contribution in [2.24, 2.45) is 0 Å². The monoisotopic (exact) mass is 406 g/mol. The van der Waals surface area contributed by atoms with Crippen LogP contribution in [-0.4, -0.2) is 53.7 Å². The molecule has 0 atom stereocenters. The minimum absolute atomic E-state index is 0.158. The number of amides is 1. The van der Waals surface area contributed by atoms with Crippen LogP contribution in [0.3, 0.4) is 0 Å². The molecule has 4 aromatic rings. The van der Waals surface area contributed by atoms with Crippen LogP contribution >= 0.6 is 0 Å². The van der Waals surface area contributed by atoms with Crippen molar-refractivity contribution >= 4 is 16.8 Å². The van der Waals surface area contributed by atoms with Gasteiger partial charge in [-0.05, 0) is 24.3 Å². The summed E-state index contributed by atoms with van der Waals surface area (Å²) in [5.41, 5.74) is 2.24. The van der Waals surface area contributed by atoms with Gasteiger partial charge < -0.3 is 23.9 Å². The van der Waals surface area contributed by atoms with E-state index in [-0.39, 0.29) is 5.91 Å². The third kappa shape index (κ3) is 3.84. The number of methoxy groups -OCH3 is 2. The van der Waals surface area contributed by atoms with E-state index in [2.05, 4.69) is 15.1 Å². The molecule has 0 spiro atoms. The maximum atomic E-state index is 12.8. The number of aromatic nitrogens is 3. The second kappa shape index (κ2) is 8.28. The van der Waals surface area contributed by atoms with Crippen LogP contribution in [0.4, 0.5) is 0 Å². The summed E-state index contributed by atoms with van der Waals surface area (Å²) in [6.07, 6.45) is 0.463. The number of rotatable bonds is 7. The molecule has 0 fully saturated rings. The van der Waals surface area contributed by atoms with Crippen molar-refractivity contribution in [3.8, 4) is 23.1 Å². The van der Waals surface area contributed by atoms with Gasteiger partial charge in [-0.2, -0.15) is 4.98 Å². The van der Waals surface area contributed by atoms with E-state index in [1.54, 1.807) is 37.3 Å². The Morgan fingerprint density at radius 3 is 2.73 bits per heavy atom. The number of hydrogen-bond acceptors (Lipinski definition) is 6. The van der Waals surface area contributed by atoms with E-state index < -0.39 is 0 Å². The van der Waals surface area contributed by atoms with Crippen molar-refractivity contribution in [2.45, 2.75) is 6.42 Å². The average Bonchev–Trinajstić information content (AvgIpc) is 3.43. The fourth-order valence-electron chi connectivity index (χ4n) is 3.20. The highest BCUT2D eigenvalue weighted by molar-refractivity contribution is 5.97. The van der Waals surface area contributed by atoms with Crippen molar-refractivity contribution in [1.29, 1.82) is 0 Å². The lowest BCUT2D eigenvalue weighted by Gasteiger charge is -2.18. The predicted octanol–water partition coefficient (Wildman–Crippen LogP) is 3.55. The normalized spacial score (nSPS) is 10.9. The highest BCUT2D eigenvalue weighted by atomic mass is 16.5. The van der Waals surface area contributed by atoms with Crippen LogP contribution in [0.25, 0.3) is 22.5 Å². The molecule has 0 aliphatic carbocycles. The fraction of sp³-hybridized carbons (Fsp3) is 0.227. The number of ether oxygens (including phenoxy) is 2. The zero-order valence-corrected chi connectivity index (χ0v) is 17.0. The molecule has 2 aromatic carbocycles. The number of benzene rings is 2. The molecule has 2 heterocycles. The topological polar surface area (TPSA) is 93.5 Å². The maximum absolute atomic E-state index is 12.8. The van der Waals surface area contributed by atoms with Crippen molar-refractivity contribution in [3.63, 3.8) is 0 Å². The van der Waals surface area contributed by atoms with Crippen LogP contribution in [-0.2, 0) is 6.42 Å². The number of para-hydroxylation sites is 1. The average molecular weight is 406 g/mol. The summed E-state index contributed by atoms with van der Waals surface area (Å²) in [6.45, 7) is 0.430. The lowest BCUT2D eigenvalue weighted by molar-refractivity contribution is 0.0792.